The van der Waals surface area contributed by atoms with Gasteiger partial charge in [0.2, 0.25) is 5.91 Å². The summed E-state index contributed by atoms with van der Waals surface area (Å²) in [7, 11) is 0. The van der Waals surface area contributed by atoms with E-state index in [1.54, 1.807) is 42.5 Å². The number of hydrogen-bond acceptors (Lipinski definition) is 4. The van der Waals surface area contributed by atoms with Gasteiger partial charge in [-0.05, 0) is 54.4 Å². The van der Waals surface area contributed by atoms with Crippen molar-refractivity contribution in [3.05, 3.63) is 92.2 Å². The van der Waals surface area contributed by atoms with Crippen molar-refractivity contribution in [1.29, 1.82) is 0 Å². The van der Waals surface area contributed by atoms with Gasteiger partial charge in [-0.3, -0.25) is 4.79 Å². The van der Waals surface area contributed by atoms with E-state index in [1.807, 2.05) is 6.92 Å². The summed E-state index contributed by atoms with van der Waals surface area (Å²) < 4.78 is 24.5. The van der Waals surface area contributed by atoms with Crippen molar-refractivity contribution in [2.24, 2.45) is 5.10 Å². The Morgan fingerprint density at radius 1 is 1.03 bits per heavy atom. The van der Waals surface area contributed by atoms with Gasteiger partial charge in [-0.1, -0.05) is 53.0 Å². The highest BCUT2D eigenvalue weighted by atomic mass is 35.5. The van der Waals surface area contributed by atoms with Crippen molar-refractivity contribution >= 4 is 46.9 Å². The van der Waals surface area contributed by atoms with Crippen molar-refractivity contribution in [2.75, 3.05) is 6.61 Å². The van der Waals surface area contributed by atoms with Crippen LogP contribution >= 0.6 is 34.8 Å². The molecular formula is C24H20Cl3FN2O3. The molecule has 0 aliphatic carbocycles. The molecule has 3 aromatic rings. The third-order valence-electron chi connectivity index (χ3n) is 4.40. The van der Waals surface area contributed by atoms with E-state index < -0.39 is 0 Å². The molecule has 0 spiro atoms. The van der Waals surface area contributed by atoms with E-state index in [1.165, 1.54) is 18.3 Å². The summed E-state index contributed by atoms with van der Waals surface area (Å²) in [6.45, 7) is 2.40. The maximum Gasteiger partial charge on any atom is 0.244 e. The van der Waals surface area contributed by atoms with E-state index in [9.17, 15) is 9.18 Å². The number of ether oxygens (including phenoxy) is 2. The maximum absolute atomic E-state index is 13.0. The number of carbonyl (C=O) groups excluding carboxylic acids is 1. The smallest absolute Gasteiger partial charge is 0.244 e. The Kier molecular flexibility index (Phi) is 8.95. The highest BCUT2D eigenvalue weighted by molar-refractivity contribution is 6.35. The fourth-order valence-electron chi connectivity index (χ4n) is 2.86. The lowest BCUT2D eigenvalue weighted by molar-refractivity contribution is -0.120. The monoisotopic (exact) mass is 508 g/mol. The number of benzene rings is 3. The molecule has 0 saturated heterocycles. The molecule has 172 valence electrons. The number of nitrogens with zero attached hydrogens (tertiary/aromatic N) is 1. The molecule has 3 rings (SSSR count). The number of nitrogens with one attached hydrogen (secondary N) is 1. The summed E-state index contributed by atoms with van der Waals surface area (Å²) in [6.07, 6.45) is 1.51. The first-order chi connectivity index (χ1) is 15.9. The first kappa shape index (κ1) is 24.8. The third kappa shape index (κ3) is 7.35. The quantitative estimate of drug-likeness (QED) is 0.266. The topological polar surface area (TPSA) is 59.9 Å². The number of hydrogen-bond donors (Lipinski definition) is 1. The number of carbonyl (C=O) groups is 1. The highest BCUT2D eigenvalue weighted by Gasteiger charge is 2.14. The molecule has 9 heteroatoms. The molecule has 0 bridgehead atoms. The van der Waals surface area contributed by atoms with Crippen LogP contribution in [0, 0.1) is 5.82 Å². The summed E-state index contributed by atoms with van der Waals surface area (Å²) in [5, 5.41) is 5.28. The van der Waals surface area contributed by atoms with Crippen LogP contribution < -0.4 is 14.9 Å². The van der Waals surface area contributed by atoms with E-state index in [-0.39, 0.29) is 24.8 Å². The van der Waals surface area contributed by atoms with E-state index >= 15 is 0 Å². The van der Waals surface area contributed by atoms with Crippen LogP contribution in [0.4, 0.5) is 4.39 Å². The van der Waals surface area contributed by atoms with Crippen LogP contribution in [0.15, 0.2) is 59.7 Å². The van der Waals surface area contributed by atoms with Gasteiger partial charge >= 0.3 is 0 Å². The Bertz CT molecular complexity index is 1150. The average molecular weight is 510 g/mol. The fourth-order valence-corrected chi connectivity index (χ4v) is 3.60. The minimum Gasteiger partial charge on any atom is -0.490 e. The second kappa shape index (κ2) is 11.9. The van der Waals surface area contributed by atoms with Gasteiger partial charge in [0, 0.05) is 15.6 Å². The van der Waals surface area contributed by atoms with Gasteiger partial charge in [-0.2, -0.15) is 5.10 Å². The van der Waals surface area contributed by atoms with Gasteiger partial charge in [-0.25, -0.2) is 9.82 Å². The fraction of sp³-hybridized carbons (Fsp3) is 0.167. The average Bonchev–Trinajstić information content (AvgIpc) is 2.76. The molecule has 3 aromatic carbocycles. The minimum atomic E-state index is -0.358. The zero-order chi connectivity index (χ0) is 23.8. The van der Waals surface area contributed by atoms with Crippen molar-refractivity contribution in [3.8, 4) is 11.5 Å². The zero-order valence-corrected chi connectivity index (χ0v) is 19.8. The largest absolute Gasteiger partial charge is 0.490 e. The Morgan fingerprint density at radius 2 is 1.79 bits per heavy atom. The molecule has 0 aromatic heterocycles. The van der Waals surface area contributed by atoms with Crippen LogP contribution in [-0.4, -0.2) is 18.7 Å². The third-order valence-corrected chi connectivity index (χ3v) is 5.27. The van der Waals surface area contributed by atoms with Crippen LogP contribution in [0.2, 0.25) is 15.1 Å². The summed E-state index contributed by atoms with van der Waals surface area (Å²) >= 11 is 18.6. The van der Waals surface area contributed by atoms with Crippen LogP contribution in [-0.2, 0) is 17.8 Å². The molecule has 1 amide bonds. The first-order valence-electron chi connectivity index (χ1n) is 9.95. The van der Waals surface area contributed by atoms with E-state index in [0.717, 1.165) is 5.56 Å². The second-order valence-corrected chi connectivity index (χ2v) is 8.13. The van der Waals surface area contributed by atoms with Gasteiger partial charge in [0.15, 0.2) is 11.5 Å². The van der Waals surface area contributed by atoms with Gasteiger partial charge in [0.05, 0.1) is 24.3 Å². The molecule has 33 heavy (non-hydrogen) atoms. The summed E-state index contributed by atoms with van der Waals surface area (Å²) in [6, 6.07) is 14.2. The standard InChI is InChI=1S/C24H20Cl3FN2O3/c1-2-32-22-10-16(13-29-30-23(31)11-15-3-7-19(28)8-4-15)9-21(27)24(22)33-14-17-5-6-18(25)12-20(17)26/h3-10,12-13H,2,11,14H2,1H3,(H,30,31)/b29-13+. The predicted molar refractivity (Wildman–Crippen MR) is 129 cm³/mol. The van der Waals surface area contributed by atoms with Gasteiger partial charge in [0.1, 0.15) is 12.4 Å². The molecule has 0 radical (unpaired) electrons. The number of hydrazone groups is 1. The lowest BCUT2D eigenvalue weighted by Gasteiger charge is -2.15. The van der Waals surface area contributed by atoms with E-state index in [2.05, 4.69) is 10.5 Å². The van der Waals surface area contributed by atoms with Crippen LogP contribution in [0.25, 0.3) is 0 Å². The Hall–Kier alpha value is -2.80. The Labute approximate surface area is 206 Å². The molecular weight excluding hydrogens is 490 g/mol. The van der Waals surface area contributed by atoms with Gasteiger partial charge < -0.3 is 9.47 Å². The van der Waals surface area contributed by atoms with Crippen LogP contribution in [0.5, 0.6) is 11.5 Å². The molecule has 0 saturated carbocycles. The zero-order valence-electron chi connectivity index (χ0n) is 17.6. The van der Waals surface area contributed by atoms with E-state index in [0.29, 0.717) is 44.3 Å². The van der Waals surface area contributed by atoms with Crippen LogP contribution in [0.3, 0.4) is 0 Å². The summed E-state index contributed by atoms with van der Waals surface area (Å²) in [5.41, 5.74) is 4.45. The van der Waals surface area contributed by atoms with Gasteiger partial charge in [0.25, 0.3) is 0 Å². The lowest BCUT2D eigenvalue weighted by atomic mass is 10.1. The minimum absolute atomic E-state index is 0.0720. The maximum atomic E-state index is 13.0. The molecule has 0 aliphatic rings. The molecule has 0 fully saturated rings. The van der Waals surface area contributed by atoms with Crippen molar-refractivity contribution in [2.45, 2.75) is 20.0 Å². The molecule has 0 atom stereocenters. The number of amides is 1. The normalized spacial score (nSPS) is 10.9. The van der Waals surface area contributed by atoms with Crippen molar-refractivity contribution in [3.63, 3.8) is 0 Å². The number of halogens is 4. The van der Waals surface area contributed by atoms with Crippen molar-refractivity contribution in [1.82, 2.24) is 5.43 Å². The SMILES string of the molecule is CCOc1cc(/C=N/NC(=O)Cc2ccc(F)cc2)cc(Cl)c1OCc1ccc(Cl)cc1Cl. The second-order valence-electron chi connectivity index (χ2n) is 6.88. The summed E-state index contributed by atoms with van der Waals surface area (Å²) in [5.74, 6) is 0.0906. The molecule has 0 aliphatic heterocycles. The van der Waals surface area contributed by atoms with E-state index in [4.69, 9.17) is 44.3 Å². The Balaban J connectivity index is 1.67. The van der Waals surface area contributed by atoms with Gasteiger partial charge in [-0.15, -0.1) is 0 Å². The molecule has 5 nitrogen and oxygen atoms in total. The highest BCUT2D eigenvalue weighted by Crippen LogP contribution is 2.37. The first-order valence-corrected chi connectivity index (χ1v) is 11.1. The van der Waals surface area contributed by atoms with Crippen molar-refractivity contribution < 1.29 is 18.7 Å². The lowest BCUT2D eigenvalue weighted by Crippen LogP contribution is -2.19. The number of rotatable bonds is 9. The molecule has 0 heterocycles. The van der Waals surface area contributed by atoms with Crippen LogP contribution in [0.1, 0.15) is 23.6 Å². The Morgan fingerprint density at radius 3 is 2.48 bits per heavy atom. The summed E-state index contributed by atoms with van der Waals surface area (Å²) in [4.78, 5) is 12.0. The molecule has 0 unspecified atom stereocenters. The predicted octanol–water partition coefficient (Wildman–Crippen LogP) is 6.46. The molecule has 1 N–H and O–H groups in total.